The lowest BCUT2D eigenvalue weighted by molar-refractivity contribution is 0.102. The SMILES string of the molecule is COc1cc(N)c(C=NC2CCC(COS(C)(=O)=O)CC2)cc1C(=O)Nc1cccn(C2CC2)c1=O. The molecule has 3 N–H and O–H groups in total. The van der Waals surface area contributed by atoms with Gasteiger partial charge in [0.2, 0.25) is 0 Å². The van der Waals surface area contributed by atoms with Crippen LogP contribution < -0.4 is 21.3 Å². The molecular weight excluding hydrogens is 484 g/mol. The second-order valence-corrected chi connectivity index (χ2v) is 11.1. The first kappa shape index (κ1) is 25.9. The molecular formula is C25H32N4O6S. The molecule has 2 fully saturated rings. The fourth-order valence-corrected chi connectivity index (χ4v) is 4.81. The van der Waals surface area contributed by atoms with Gasteiger partial charge < -0.3 is 20.4 Å². The number of nitrogens with two attached hydrogens (primary N) is 1. The third-order valence-corrected chi connectivity index (χ3v) is 7.14. The zero-order chi connectivity index (χ0) is 25.9. The van der Waals surface area contributed by atoms with E-state index in [-0.39, 0.29) is 41.4 Å². The maximum atomic E-state index is 13.1. The predicted octanol–water partition coefficient (Wildman–Crippen LogP) is 2.98. The zero-order valence-electron chi connectivity index (χ0n) is 20.5. The van der Waals surface area contributed by atoms with Crippen LogP contribution in [-0.4, -0.2) is 51.1 Å². The van der Waals surface area contributed by atoms with E-state index in [9.17, 15) is 18.0 Å². The molecule has 2 aliphatic rings. The lowest BCUT2D eigenvalue weighted by atomic mass is 9.87. The molecule has 0 unspecified atom stereocenters. The molecule has 0 saturated heterocycles. The number of carbonyl (C=O) groups excluding carboxylic acids is 1. The van der Waals surface area contributed by atoms with E-state index in [1.54, 1.807) is 41.2 Å². The Morgan fingerprint density at radius 1 is 1.22 bits per heavy atom. The number of ether oxygens (including phenoxy) is 1. The summed E-state index contributed by atoms with van der Waals surface area (Å²) in [6, 6.07) is 6.79. The minimum atomic E-state index is -3.44. The molecule has 2 aromatic rings. The van der Waals surface area contributed by atoms with Crippen molar-refractivity contribution in [1.82, 2.24) is 4.57 Å². The van der Waals surface area contributed by atoms with E-state index >= 15 is 0 Å². The maximum absolute atomic E-state index is 13.1. The molecule has 4 rings (SSSR count). The van der Waals surface area contributed by atoms with Gasteiger partial charge in [0.25, 0.3) is 21.6 Å². The number of nitrogens with zero attached hydrogens (tertiary/aromatic N) is 2. The van der Waals surface area contributed by atoms with Crippen molar-refractivity contribution >= 4 is 33.6 Å². The van der Waals surface area contributed by atoms with E-state index in [4.69, 9.17) is 14.7 Å². The highest BCUT2D eigenvalue weighted by Crippen LogP contribution is 2.33. The maximum Gasteiger partial charge on any atom is 0.274 e. The molecule has 1 heterocycles. The lowest BCUT2D eigenvalue weighted by Gasteiger charge is -2.25. The Balaban J connectivity index is 1.45. The summed E-state index contributed by atoms with van der Waals surface area (Å²) in [5, 5.41) is 2.71. The fourth-order valence-electron chi connectivity index (χ4n) is 4.37. The number of nitrogens with one attached hydrogen (secondary N) is 1. The summed E-state index contributed by atoms with van der Waals surface area (Å²) in [5.74, 6) is 0.0144. The van der Waals surface area contributed by atoms with E-state index in [1.807, 2.05) is 0 Å². The molecule has 10 nitrogen and oxygen atoms in total. The quantitative estimate of drug-likeness (QED) is 0.296. The van der Waals surface area contributed by atoms with Crippen LogP contribution >= 0.6 is 0 Å². The zero-order valence-corrected chi connectivity index (χ0v) is 21.3. The smallest absolute Gasteiger partial charge is 0.274 e. The molecule has 2 aliphatic carbocycles. The molecule has 2 saturated carbocycles. The van der Waals surface area contributed by atoms with Crippen molar-refractivity contribution in [2.75, 3.05) is 31.0 Å². The largest absolute Gasteiger partial charge is 0.496 e. The van der Waals surface area contributed by atoms with Crippen molar-refractivity contribution in [2.45, 2.75) is 50.6 Å². The number of nitrogen functional groups attached to an aromatic ring is 1. The summed E-state index contributed by atoms with van der Waals surface area (Å²) in [5.41, 5.74) is 7.40. The number of aromatic nitrogens is 1. The summed E-state index contributed by atoms with van der Waals surface area (Å²) < 4.78 is 34.3. The van der Waals surface area contributed by atoms with Gasteiger partial charge in [-0.05, 0) is 62.6 Å². The third-order valence-electron chi connectivity index (χ3n) is 6.57. The van der Waals surface area contributed by atoms with Crippen LogP contribution in [0.4, 0.5) is 11.4 Å². The third kappa shape index (κ3) is 6.52. The van der Waals surface area contributed by atoms with Crippen LogP contribution in [0, 0.1) is 5.92 Å². The van der Waals surface area contributed by atoms with Gasteiger partial charge in [-0.3, -0.25) is 18.8 Å². The number of amides is 1. The average molecular weight is 517 g/mol. The Morgan fingerprint density at radius 2 is 1.94 bits per heavy atom. The Bertz CT molecular complexity index is 1310. The Labute approximate surface area is 210 Å². The summed E-state index contributed by atoms with van der Waals surface area (Å²) in [6.45, 7) is 0.201. The van der Waals surface area contributed by atoms with Crippen molar-refractivity contribution in [2.24, 2.45) is 10.9 Å². The summed E-state index contributed by atoms with van der Waals surface area (Å²) in [7, 11) is -1.98. The van der Waals surface area contributed by atoms with Crippen LogP contribution in [0.1, 0.15) is 60.5 Å². The number of pyridine rings is 1. The number of hydrogen-bond acceptors (Lipinski definition) is 8. The normalized spacial score (nSPS) is 20.4. The highest BCUT2D eigenvalue weighted by Gasteiger charge is 2.26. The minimum Gasteiger partial charge on any atom is -0.496 e. The fraction of sp³-hybridized carbons (Fsp3) is 0.480. The van der Waals surface area contributed by atoms with Crippen molar-refractivity contribution in [1.29, 1.82) is 0 Å². The molecule has 0 spiro atoms. The van der Waals surface area contributed by atoms with Crippen molar-refractivity contribution in [3.8, 4) is 5.75 Å². The van der Waals surface area contributed by atoms with Gasteiger partial charge >= 0.3 is 0 Å². The summed E-state index contributed by atoms with van der Waals surface area (Å²) >= 11 is 0. The van der Waals surface area contributed by atoms with Gasteiger partial charge in [-0.2, -0.15) is 8.42 Å². The Kier molecular flexibility index (Phi) is 7.79. The monoisotopic (exact) mass is 516 g/mol. The van der Waals surface area contributed by atoms with Gasteiger partial charge in [-0.25, -0.2) is 0 Å². The van der Waals surface area contributed by atoms with E-state index in [0.717, 1.165) is 44.8 Å². The van der Waals surface area contributed by atoms with Crippen molar-refractivity contribution in [3.05, 3.63) is 51.9 Å². The number of carbonyl (C=O) groups is 1. The molecule has 194 valence electrons. The molecule has 1 amide bonds. The van der Waals surface area contributed by atoms with Crippen molar-refractivity contribution in [3.63, 3.8) is 0 Å². The summed E-state index contributed by atoms with van der Waals surface area (Å²) in [4.78, 5) is 30.5. The van der Waals surface area contributed by atoms with E-state index in [1.165, 1.54) is 7.11 Å². The van der Waals surface area contributed by atoms with Crippen LogP contribution in [-0.2, 0) is 14.3 Å². The van der Waals surface area contributed by atoms with E-state index < -0.39 is 16.0 Å². The van der Waals surface area contributed by atoms with Crippen LogP contribution in [0.3, 0.4) is 0 Å². The molecule has 36 heavy (non-hydrogen) atoms. The number of anilines is 2. The van der Waals surface area contributed by atoms with Gasteiger partial charge in [-0.1, -0.05) is 0 Å². The van der Waals surface area contributed by atoms with E-state index in [0.29, 0.717) is 17.0 Å². The number of methoxy groups -OCH3 is 1. The molecule has 0 bridgehead atoms. The number of hydrogen-bond donors (Lipinski definition) is 2. The number of rotatable bonds is 9. The van der Waals surface area contributed by atoms with Crippen LogP contribution in [0.25, 0.3) is 0 Å². The first-order chi connectivity index (χ1) is 17.1. The highest BCUT2D eigenvalue weighted by molar-refractivity contribution is 7.85. The standard InChI is InChI=1S/C25H32N4O6S/c1-34-23-13-21(26)17(14-27-18-7-5-16(6-8-18)15-35-36(2,32)33)12-20(23)24(30)28-22-4-3-11-29(25(22)31)19-9-10-19/h3-4,11-14,16,18-19H,5-10,15,26H2,1-2H3,(H,28,30). The second kappa shape index (κ2) is 10.8. The molecule has 1 aromatic heterocycles. The average Bonchev–Trinajstić information content (AvgIpc) is 3.68. The summed E-state index contributed by atoms with van der Waals surface area (Å²) in [6.07, 6.45) is 9.62. The van der Waals surface area contributed by atoms with Crippen LogP contribution in [0.2, 0.25) is 0 Å². The first-order valence-electron chi connectivity index (χ1n) is 12.0. The van der Waals surface area contributed by atoms with Gasteiger partial charge in [0.15, 0.2) is 0 Å². The molecule has 0 radical (unpaired) electrons. The molecule has 0 aliphatic heterocycles. The van der Waals surface area contributed by atoms with Gasteiger partial charge in [0.05, 0.1) is 25.5 Å². The van der Waals surface area contributed by atoms with E-state index in [2.05, 4.69) is 10.3 Å². The molecule has 11 heteroatoms. The topological polar surface area (TPSA) is 142 Å². The van der Waals surface area contributed by atoms with Crippen molar-refractivity contribution < 1.29 is 22.1 Å². The Morgan fingerprint density at radius 3 is 2.58 bits per heavy atom. The second-order valence-electron chi connectivity index (χ2n) is 9.44. The van der Waals surface area contributed by atoms with Gasteiger partial charge in [0.1, 0.15) is 11.4 Å². The minimum absolute atomic E-state index is 0.0727. The van der Waals surface area contributed by atoms with Gasteiger partial charge in [0, 0.05) is 41.8 Å². The first-order valence-corrected chi connectivity index (χ1v) is 13.8. The number of aliphatic imine (C=N–C) groups is 1. The van der Waals surface area contributed by atoms with Crippen LogP contribution in [0.5, 0.6) is 5.75 Å². The highest BCUT2D eigenvalue weighted by atomic mass is 32.2. The van der Waals surface area contributed by atoms with Gasteiger partial charge in [-0.15, -0.1) is 0 Å². The lowest BCUT2D eigenvalue weighted by Crippen LogP contribution is -2.25. The number of benzene rings is 1. The van der Waals surface area contributed by atoms with Crippen LogP contribution in [0.15, 0.2) is 40.2 Å². The molecule has 0 atom stereocenters. The predicted molar refractivity (Wildman–Crippen MR) is 138 cm³/mol. The molecule has 1 aromatic carbocycles. The Hall–Kier alpha value is -3.18.